The van der Waals surface area contributed by atoms with Crippen molar-refractivity contribution >= 4 is 50.3 Å². The normalized spacial score (nSPS) is 11.8. The van der Waals surface area contributed by atoms with Crippen LogP contribution in [0.3, 0.4) is 0 Å². The van der Waals surface area contributed by atoms with Crippen LogP contribution in [0.25, 0.3) is 33.2 Å². The molecule has 6 aromatic rings. The quantitative estimate of drug-likeness (QED) is 0.131. The molecule has 6 rings (SSSR count). The first-order valence-corrected chi connectivity index (χ1v) is 18.2. The summed E-state index contributed by atoms with van der Waals surface area (Å²) in [5, 5.41) is 9.95. The maximum absolute atomic E-state index is 13.8. The number of aromatic nitrogens is 6. The van der Waals surface area contributed by atoms with Crippen LogP contribution >= 0.6 is 11.6 Å². The molecule has 3 aromatic heterocycles. The molecule has 0 radical (unpaired) electrons. The minimum atomic E-state index is -4.78. The number of amides is 1. The number of benzene rings is 3. The minimum absolute atomic E-state index is 0.0972. The van der Waals surface area contributed by atoms with Gasteiger partial charge in [0.1, 0.15) is 5.75 Å². The predicted molar refractivity (Wildman–Crippen MR) is 196 cm³/mol. The zero-order chi connectivity index (χ0) is 42.9. The molecule has 3 heterocycles. The molecule has 0 aliphatic heterocycles. The first-order chi connectivity index (χ1) is 26.9. The number of sulfonamides is 1. The van der Waals surface area contributed by atoms with Crippen LogP contribution in [0.5, 0.6) is 5.75 Å². The number of hydrogen-bond donors (Lipinski definition) is 3. The van der Waals surface area contributed by atoms with Crippen molar-refractivity contribution in [1.82, 2.24) is 29.2 Å². The van der Waals surface area contributed by atoms with E-state index in [0.717, 1.165) is 25.5 Å². The zero-order valence-corrected chi connectivity index (χ0v) is 31.6. The lowest BCUT2D eigenvalue weighted by Crippen LogP contribution is -2.43. The van der Waals surface area contributed by atoms with E-state index in [1.165, 1.54) is 65.5 Å². The molecule has 0 bridgehead atoms. The molecule has 0 fully saturated rings. The van der Waals surface area contributed by atoms with Gasteiger partial charge in [-0.1, -0.05) is 11.6 Å². The lowest BCUT2D eigenvalue weighted by atomic mass is 9.97. The lowest BCUT2D eigenvalue weighted by molar-refractivity contribution is -0.137. The number of methoxy groups -OCH3 is 1. The number of ether oxygens (including phenoxy) is 2. The third kappa shape index (κ3) is 9.84. The Balaban J connectivity index is 0.000000223. The van der Waals surface area contributed by atoms with E-state index in [0.29, 0.717) is 17.2 Å². The van der Waals surface area contributed by atoms with Crippen molar-refractivity contribution in [3.05, 3.63) is 116 Å². The molecule has 0 spiro atoms. The third-order valence-electron chi connectivity index (χ3n) is 7.76. The van der Waals surface area contributed by atoms with Crippen LogP contribution in [0.15, 0.2) is 82.9 Å². The molecular weight excluding hydrogens is 830 g/mol. The number of nitrogens with one attached hydrogen (secondary N) is 3. The highest BCUT2D eigenvalue weighted by atomic mass is 35.5. The molecule has 0 saturated carbocycles. The fourth-order valence-corrected chi connectivity index (χ4v) is 5.93. The number of fused-ring (bicyclic) bond motifs is 1. The van der Waals surface area contributed by atoms with E-state index >= 15 is 0 Å². The third-order valence-corrected chi connectivity index (χ3v) is 8.53. The standard InChI is InChI=1S/C20H15ClF3N3O4.C14H12F3N5O4S/c1-27-10-11(9-25-27)14-7-15(18(28)30-2)17(8-16(14)20(22,23)24)26-19(29)31-13-5-3-12(21)4-6-13;1-21-6-7(5-18-21)8-3-9-11(4-10(8)14(15,16)17)19-13(24)22(12(9)23)20-27(2,25)26/h3-10H,1-2H3,(H,26,29);3-6,20H,1-2H3,(H,19,24). The van der Waals surface area contributed by atoms with Crippen LogP contribution in [0.4, 0.5) is 36.8 Å². The van der Waals surface area contributed by atoms with E-state index in [-0.39, 0.29) is 49.1 Å². The summed E-state index contributed by atoms with van der Waals surface area (Å²) in [6.07, 6.45) is -4.82. The van der Waals surface area contributed by atoms with Gasteiger partial charge in [-0.25, -0.2) is 27.6 Å². The summed E-state index contributed by atoms with van der Waals surface area (Å²) in [6, 6.07) is 8.94. The fourth-order valence-electron chi connectivity index (χ4n) is 5.31. The largest absolute Gasteiger partial charge is 0.465 e. The van der Waals surface area contributed by atoms with Gasteiger partial charge in [0, 0.05) is 42.6 Å². The zero-order valence-electron chi connectivity index (χ0n) is 30.0. The van der Waals surface area contributed by atoms with Gasteiger partial charge in [0.05, 0.1) is 59.0 Å². The number of anilines is 1. The van der Waals surface area contributed by atoms with Crippen LogP contribution in [-0.4, -0.2) is 63.1 Å². The Labute approximate surface area is 326 Å². The summed E-state index contributed by atoms with van der Waals surface area (Å²) in [5.41, 5.74) is -5.98. The number of carbonyl (C=O) groups is 2. The monoisotopic (exact) mass is 856 g/mol. The second-order valence-corrected chi connectivity index (χ2v) is 14.2. The van der Waals surface area contributed by atoms with Crippen LogP contribution in [-0.2, 0) is 41.2 Å². The second-order valence-electron chi connectivity index (χ2n) is 12.1. The molecule has 0 unspecified atom stereocenters. The molecule has 0 atom stereocenters. The van der Waals surface area contributed by atoms with Crippen molar-refractivity contribution in [3.63, 3.8) is 0 Å². The minimum Gasteiger partial charge on any atom is -0.465 e. The lowest BCUT2D eigenvalue weighted by Gasteiger charge is -2.17. The van der Waals surface area contributed by atoms with Gasteiger partial charge in [-0.15, -0.1) is 0 Å². The van der Waals surface area contributed by atoms with Crippen molar-refractivity contribution < 1.29 is 53.8 Å². The van der Waals surface area contributed by atoms with Crippen LogP contribution in [0.2, 0.25) is 5.02 Å². The van der Waals surface area contributed by atoms with Crippen molar-refractivity contribution in [3.8, 4) is 28.0 Å². The molecule has 306 valence electrons. The first-order valence-electron chi connectivity index (χ1n) is 15.9. The Hall–Kier alpha value is -6.62. The van der Waals surface area contributed by atoms with Crippen LogP contribution in [0, 0.1) is 0 Å². The molecular formula is C34H27ClF6N8O8S. The van der Waals surface area contributed by atoms with Gasteiger partial charge >= 0.3 is 30.1 Å². The van der Waals surface area contributed by atoms with Gasteiger partial charge in [-0.3, -0.25) is 19.5 Å². The SMILES string of the molecule is COC(=O)c1cc(-c2cnn(C)c2)c(C(F)(F)F)cc1NC(=O)Oc1ccc(Cl)cc1.Cn1cc(-c2cc3c(=O)n(NS(C)(=O)=O)c(=O)[nH]c3cc2C(F)(F)F)cn1. The molecule has 24 heteroatoms. The predicted octanol–water partition coefficient (Wildman–Crippen LogP) is 5.77. The van der Waals surface area contributed by atoms with Gasteiger partial charge < -0.3 is 14.5 Å². The molecule has 0 aliphatic carbocycles. The number of H-pyrrole nitrogens is 1. The molecule has 0 saturated heterocycles. The summed E-state index contributed by atoms with van der Waals surface area (Å²) in [4.78, 5) is 52.7. The second kappa shape index (κ2) is 16.1. The Morgan fingerprint density at radius 2 is 1.38 bits per heavy atom. The topological polar surface area (TPSA) is 201 Å². The van der Waals surface area contributed by atoms with E-state index in [4.69, 9.17) is 16.3 Å². The number of esters is 1. The van der Waals surface area contributed by atoms with E-state index in [1.54, 1.807) is 11.9 Å². The smallest absolute Gasteiger partial charge is 0.417 e. The highest BCUT2D eigenvalue weighted by Crippen LogP contribution is 2.41. The summed E-state index contributed by atoms with van der Waals surface area (Å²) in [6.45, 7) is 0. The van der Waals surface area contributed by atoms with Crippen molar-refractivity contribution in [1.29, 1.82) is 0 Å². The number of hydrogen-bond acceptors (Lipinski definition) is 10. The number of aryl methyl sites for hydroxylation is 2. The van der Waals surface area contributed by atoms with Crippen LogP contribution in [0.1, 0.15) is 21.5 Å². The van der Waals surface area contributed by atoms with Crippen molar-refractivity contribution in [2.45, 2.75) is 12.4 Å². The van der Waals surface area contributed by atoms with Crippen LogP contribution < -0.4 is 26.1 Å². The van der Waals surface area contributed by atoms with E-state index < -0.39 is 62.5 Å². The summed E-state index contributed by atoms with van der Waals surface area (Å²) < 4.78 is 117. The number of aromatic amines is 1. The van der Waals surface area contributed by atoms with Gasteiger partial charge in [0.15, 0.2) is 0 Å². The highest BCUT2D eigenvalue weighted by Gasteiger charge is 2.37. The van der Waals surface area contributed by atoms with Gasteiger partial charge in [-0.2, -0.15) is 41.2 Å². The molecule has 3 aromatic carbocycles. The van der Waals surface area contributed by atoms with Gasteiger partial charge in [0.2, 0.25) is 10.0 Å². The summed E-state index contributed by atoms with van der Waals surface area (Å²) in [5.74, 6) is -0.842. The number of nitrogens with zero attached hydrogens (tertiary/aromatic N) is 5. The van der Waals surface area contributed by atoms with Gasteiger partial charge in [-0.05, 0) is 59.7 Å². The number of alkyl halides is 6. The maximum atomic E-state index is 13.8. The molecule has 1 amide bonds. The van der Waals surface area contributed by atoms with Crippen molar-refractivity contribution in [2.75, 3.05) is 23.5 Å². The van der Waals surface area contributed by atoms with Gasteiger partial charge in [0.25, 0.3) is 5.56 Å². The molecule has 0 aliphatic rings. The Morgan fingerprint density at radius 3 is 1.86 bits per heavy atom. The average Bonchev–Trinajstić information content (AvgIpc) is 3.77. The van der Waals surface area contributed by atoms with Crippen molar-refractivity contribution in [2.24, 2.45) is 14.1 Å². The number of carbonyl (C=O) groups excluding carboxylic acids is 2. The molecule has 16 nitrogen and oxygen atoms in total. The summed E-state index contributed by atoms with van der Waals surface area (Å²) in [7, 11) is 0.142. The fraction of sp³-hybridized carbons (Fsp3) is 0.176. The molecule has 58 heavy (non-hydrogen) atoms. The van der Waals surface area contributed by atoms with E-state index in [2.05, 4.69) is 25.2 Å². The van der Waals surface area contributed by atoms with E-state index in [9.17, 15) is 53.9 Å². The number of rotatable bonds is 7. The van der Waals surface area contributed by atoms with E-state index in [1.807, 2.05) is 0 Å². The average molecular weight is 857 g/mol. The number of halogens is 7. The Kier molecular flexibility index (Phi) is 11.8. The summed E-state index contributed by atoms with van der Waals surface area (Å²) >= 11 is 5.76. The molecule has 3 N–H and O–H groups in total. The Morgan fingerprint density at radius 1 is 0.845 bits per heavy atom. The first kappa shape index (κ1) is 42.5. The Bertz CT molecular complexity index is 2780. The maximum Gasteiger partial charge on any atom is 0.417 e. The highest BCUT2D eigenvalue weighted by molar-refractivity contribution is 7.91.